The molecule has 3 aromatic rings. The Bertz CT molecular complexity index is 954. The molecule has 0 spiro atoms. The van der Waals surface area contributed by atoms with Gasteiger partial charge in [-0.1, -0.05) is 54.6 Å². The Balaban J connectivity index is 1.41. The third-order valence-electron chi connectivity index (χ3n) is 5.77. The normalized spacial score (nSPS) is 18.4. The summed E-state index contributed by atoms with van der Waals surface area (Å²) in [5, 5.41) is 0. The minimum absolute atomic E-state index is 0.332. The average Bonchev–Trinajstić information content (AvgIpc) is 2.72. The van der Waals surface area contributed by atoms with Crippen LogP contribution in [-0.4, -0.2) is 18.5 Å². The average molecular weight is 356 g/mol. The quantitative estimate of drug-likeness (QED) is 0.672. The number of fused-ring (bicyclic) bond motifs is 4. The molecule has 2 aliphatic rings. The summed E-state index contributed by atoms with van der Waals surface area (Å²) >= 11 is 0. The number of benzene rings is 3. The van der Waals surface area contributed by atoms with Crippen LogP contribution >= 0.6 is 0 Å². The lowest BCUT2D eigenvalue weighted by atomic mass is 9.93. The van der Waals surface area contributed by atoms with Crippen LogP contribution in [0.2, 0.25) is 0 Å². The fourth-order valence-corrected chi connectivity index (χ4v) is 4.43. The van der Waals surface area contributed by atoms with E-state index in [-0.39, 0.29) is 0 Å². The van der Waals surface area contributed by atoms with Gasteiger partial charge in [0.25, 0.3) is 0 Å². The van der Waals surface area contributed by atoms with Gasteiger partial charge in [0.1, 0.15) is 18.5 Å². The molecule has 27 heavy (non-hydrogen) atoms. The monoisotopic (exact) mass is 356 g/mol. The zero-order valence-electron chi connectivity index (χ0n) is 15.6. The molecule has 0 N–H and O–H groups in total. The van der Waals surface area contributed by atoms with Crippen LogP contribution in [0.25, 0.3) is 0 Å². The maximum absolute atomic E-state index is 6.05. The Morgan fingerprint density at radius 1 is 0.926 bits per heavy atom. The molecule has 0 saturated heterocycles. The Morgan fingerprint density at radius 3 is 2.63 bits per heavy atom. The number of anilines is 1. The van der Waals surface area contributed by atoms with Gasteiger partial charge in [-0.25, -0.2) is 0 Å². The van der Waals surface area contributed by atoms with Gasteiger partial charge >= 0.3 is 0 Å². The first kappa shape index (κ1) is 16.4. The second-order valence-corrected chi connectivity index (χ2v) is 7.47. The van der Waals surface area contributed by atoms with E-state index in [9.17, 15) is 0 Å². The maximum Gasteiger partial charge on any atom is 0.120 e. The van der Waals surface area contributed by atoms with Gasteiger partial charge in [0.2, 0.25) is 0 Å². The van der Waals surface area contributed by atoms with Crippen molar-refractivity contribution in [2.45, 2.75) is 25.7 Å². The predicted molar refractivity (Wildman–Crippen MR) is 109 cm³/mol. The van der Waals surface area contributed by atoms with Gasteiger partial charge < -0.3 is 9.64 Å². The highest BCUT2D eigenvalue weighted by Gasteiger charge is 2.35. The fourth-order valence-electron chi connectivity index (χ4n) is 4.43. The van der Waals surface area contributed by atoms with Crippen molar-refractivity contribution in [3.05, 3.63) is 95.1 Å². The van der Waals surface area contributed by atoms with Gasteiger partial charge in [-0.2, -0.15) is 0 Å². The number of hydrogen-bond donors (Lipinski definition) is 0. The van der Waals surface area contributed by atoms with E-state index in [1.165, 1.54) is 27.9 Å². The second kappa shape index (κ2) is 6.75. The minimum atomic E-state index is 0.332. The first-order valence-corrected chi connectivity index (χ1v) is 9.64. The Kier molecular flexibility index (Phi) is 4.10. The fraction of sp³-hybridized carbons (Fsp3) is 0.250. The van der Waals surface area contributed by atoms with Gasteiger partial charge in [-0.15, -0.1) is 0 Å². The molecule has 0 aliphatic carbocycles. The number of ether oxygens (including phenoxy) is 1. The van der Waals surface area contributed by atoms with E-state index in [1.807, 2.05) is 6.07 Å². The minimum Gasteiger partial charge on any atom is -0.489 e. The molecular weight excluding hydrogens is 332 g/mol. The zero-order chi connectivity index (χ0) is 18.2. The van der Waals surface area contributed by atoms with Gasteiger partial charge in [0.15, 0.2) is 0 Å². The first-order valence-electron chi connectivity index (χ1n) is 9.64. The maximum atomic E-state index is 6.05. The molecule has 1 atom stereocenters. The summed E-state index contributed by atoms with van der Waals surface area (Å²) in [5.41, 5.74) is 6.77. The van der Waals surface area contributed by atoms with E-state index in [1.54, 1.807) is 0 Å². The lowest BCUT2D eigenvalue weighted by molar-refractivity contribution is 0.163. The van der Waals surface area contributed by atoms with Gasteiger partial charge in [0, 0.05) is 25.8 Å². The molecule has 0 radical (unpaired) electrons. The molecule has 0 saturated carbocycles. The van der Waals surface area contributed by atoms with Crippen LogP contribution in [0.4, 0.5) is 5.69 Å². The Hall–Kier alpha value is -2.78. The molecule has 0 bridgehead atoms. The van der Waals surface area contributed by atoms with Crippen molar-refractivity contribution in [1.82, 2.24) is 4.90 Å². The summed E-state index contributed by atoms with van der Waals surface area (Å²) in [7, 11) is 2.21. The predicted octanol–water partition coefficient (Wildman–Crippen LogP) is 4.77. The van der Waals surface area contributed by atoms with Crippen molar-refractivity contribution in [2.24, 2.45) is 0 Å². The van der Waals surface area contributed by atoms with E-state index in [0.29, 0.717) is 12.8 Å². The topological polar surface area (TPSA) is 15.7 Å². The molecule has 2 aliphatic heterocycles. The van der Waals surface area contributed by atoms with Crippen LogP contribution in [0.3, 0.4) is 0 Å². The van der Waals surface area contributed by atoms with Crippen LogP contribution in [0.5, 0.6) is 5.75 Å². The molecule has 3 nitrogen and oxygen atoms in total. The molecule has 3 heteroatoms. The number of rotatable bonds is 3. The van der Waals surface area contributed by atoms with E-state index in [2.05, 4.69) is 83.6 Å². The summed E-state index contributed by atoms with van der Waals surface area (Å²) < 4.78 is 6.05. The van der Waals surface area contributed by atoms with E-state index in [0.717, 1.165) is 25.3 Å². The van der Waals surface area contributed by atoms with Crippen molar-refractivity contribution in [2.75, 3.05) is 18.5 Å². The van der Waals surface area contributed by atoms with Crippen LogP contribution in [0.1, 0.15) is 28.4 Å². The van der Waals surface area contributed by atoms with Crippen LogP contribution in [0.15, 0.2) is 72.8 Å². The van der Waals surface area contributed by atoms with Gasteiger partial charge in [-0.3, -0.25) is 4.90 Å². The molecular formula is C24H24N2O. The van der Waals surface area contributed by atoms with Crippen LogP contribution < -0.4 is 9.64 Å². The van der Waals surface area contributed by atoms with Gasteiger partial charge in [-0.05, 0) is 46.9 Å². The molecule has 0 amide bonds. The SMILES string of the molecule is CN1c2ccc(OCc3ccccc3)cc2CN2CCc3ccccc3C21. The largest absolute Gasteiger partial charge is 0.489 e. The molecule has 2 heterocycles. The first-order chi connectivity index (χ1) is 13.3. The van der Waals surface area contributed by atoms with E-state index < -0.39 is 0 Å². The zero-order valence-corrected chi connectivity index (χ0v) is 15.6. The molecule has 5 rings (SSSR count). The highest BCUT2D eigenvalue weighted by Crippen LogP contribution is 2.42. The Morgan fingerprint density at radius 2 is 1.74 bits per heavy atom. The second-order valence-electron chi connectivity index (χ2n) is 7.47. The molecule has 0 fully saturated rings. The smallest absolute Gasteiger partial charge is 0.120 e. The third kappa shape index (κ3) is 2.98. The third-order valence-corrected chi connectivity index (χ3v) is 5.77. The van der Waals surface area contributed by atoms with E-state index in [4.69, 9.17) is 4.74 Å². The lowest BCUT2D eigenvalue weighted by Gasteiger charge is -2.47. The van der Waals surface area contributed by atoms with Crippen LogP contribution in [0, 0.1) is 0 Å². The molecule has 1 unspecified atom stereocenters. The lowest BCUT2D eigenvalue weighted by Crippen LogP contribution is -2.47. The van der Waals surface area contributed by atoms with Crippen molar-refractivity contribution >= 4 is 5.69 Å². The molecule has 3 aromatic carbocycles. The van der Waals surface area contributed by atoms with Gasteiger partial charge in [0.05, 0.1) is 0 Å². The standard InChI is InChI=1S/C24H24N2O/c1-25-23-12-11-21(27-17-18-7-3-2-4-8-18)15-20(23)16-26-14-13-19-9-5-6-10-22(19)24(25)26/h2-12,15,24H,13-14,16-17H2,1H3. The van der Waals surface area contributed by atoms with Crippen molar-refractivity contribution in [1.29, 1.82) is 0 Å². The summed E-state index contributed by atoms with van der Waals surface area (Å²) in [6.45, 7) is 2.68. The summed E-state index contributed by atoms with van der Waals surface area (Å²) in [6.07, 6.45) is 1.46. The van der Waals surface area contributed by atoms with Crippen LogP contribution in [-0.2, 0) is 19.6 Å². The number of nitrogens with zero attached hydrogens (tertiary/aromatic N) is 2. The summed E-state index contributed by atoms with van der Waals surface area (Å²) in [5.74, 6) is 0.946. The van der Waals surface area contributed by atoms with Crippen molar-refractivity contribution < 1.29 is 4.74 Å². The Labute approximate surface area is 160 Å². The van der Waals surface area contributed by atoms with Crippen molar-refractivity contribution in [3.8, 4) is 5.75 Å². The summed E-state index contributed by atoms with van der Waals surface area (Å²) in [6, 6.07) is 25.7. The summed E-state index contributed by atoms with van der Waals surface area (Å²) in [4.78, 5) is 4.99. The van der Waals surface area contributed by atoms with Crippen molar-refractivity contribution in [3.63, 3.8) is 0 Å². The highest BCUT2D eigenvalue weighted by atomic mass is 16.5. The highest BCUT2D eigenvalue weighted by molar-refractivity contribution is 5.59. The molecule has 136 valence electrons. The van der Waals surface area contributed by atoms with E-state index >= 15 is 0 Å². The number of hydrogen-bond acceptors (Lipinski definition) is 3. The molecule has 0 aromatic heterocycles.